The Labute approximate surface area is 192 Å². The molecule has 9 heteroatoms. The highest BCUT2D eigenvalue weighted by Crippen LogP contribution is 2.43. The highest BCUT2D eigenvalue weighted by molar-refractivity contribution is 9.10. The van der Waals surface area contributed by atoms with E-state index in [1.807, 2.05) is 0 Å². The van der Waals surface area contributed by atoms with E-state index in [4.69, 9.17) is 26.8 Å². The van der Waals surface area contributed by atoms with Crippen LogP contribution < -0.4 is 10.6 Å². The molecule has 1 atom stereocenters. The van der Waals surface area contributed by atoms with Gasteiger partial charge in [0.05, 0.1) is 42.4 Å². The number of anilines is 1. The predicted molar refractivity (Wildman–Crippen MR) is 119 cm³/mol. The summed E-state index contributed by atoms with van der Waals surface area (Å²) < 4.78 is 10.6. The first-order valence-corrected chi connectivity index (χ1v) is 10.1. The van der Waals surface area contributed by atoms with Gasteiger partial charge in [-0.15, -0.1) is 0 Å². The lowest BCUT2D eigenvalue weighted by molar-refractivity contribution is -0.139. The lowest BCUT2D eigenvalue weighted by Crippen LogP contribution is -2.40. The Bertz CT molecular complexity index is 1160. The number of carbonyl (C=O) groups excluding carboxylic acids is 2. The Hall–Kier alpha value is -3.28. The number of hydrogen-bond donors (Lipinski definition) is 1. The number of carbonyl (C=O) groups is 2. The van der Waals surface area contributed by atoms with Crippen molar-refractivity contribution in [3.05, 3.63) is 86.3 Å². The first-order chi connectivity index (χ1) is 14.8. The van der Waals surface area contributed by atoms with Gasteiger partial charge in [-0.05, 0) is 39.7 Å². The molecule has 0 saturated carbocycles. The molecule has 158 valence electrons. The van der Waals surface area contributed by atoms with Gasteiger partial charge in [-0.2, -0.15) is 5.26 Å². The van der Waals surface area contributed by atoms with Crippen LogP contribution in [-0.4, -0.2) is 26.2 Å². The van der Waals surface area contributed by atoms with E-state index in [0.29, 0.717) is 20.7 Å². The fraction of sp³-hybridized carbons (Fsp3) is 0.136. The minimum Gasteiger partial charge on any atom is -0.466 e. The summed E-state index contributed by atoms with van der Waals surface area (Å²) >= 11 is 9.56. The molecule has 1 aliphatic rings. The van der Waals surface area contributed by atoms with Crippen LogP contribution in [0.1, 0.15) is 11.5 Å². The van der Waals surface area contributed by atoms with Crippen LogP contribution in [0.5, 0.6) is 0 Å². The molecular weight excluding hydrogens is 486 g/mol. The van der Waals surface area contributed by atoms with Crippen LogP contribution in [0.2, 0.25) is 5.02 Å². The van der Waals surface area contributed by atoms with Gasteiger partial charge in [-0.1, -0.05) is 41.9 Å². The van der Waals surface area contributed by atoms with Gasteiger partial charge in [-0.25, -0.2) is 9.59 Å². The predicted octanol–water partition coefficient (Wildman–Crippen LogP) is 4.00. The number of esters is 2. The summed E-state index contributed by atoms with van der Waals surface area (Å²) in [6.07, 6.45) is 0. The van der Waals surface area contributed by atoms with Crippen molar-refractivity contribution in [2.45, 2.75) is 5.92 Å². The maximum atomic E-state index is 12.9. The molecule has 7 nitrogen and oxygen atoms in total. The van der Waals surface area contributed by atoms with Crippen molar-refractivity contribution in [3.63, 3.8) is 0 Å². The molecule has 3 rings (SSSR count). The third kappa shape index (κ3) is 4.02. The van der Waals surface area contributed by atoms with Gasteiger partial charge in [0.15, 0.2) is 0 Å². The second kappa shape index (κ2) is 9.25. The van der Waals surface area contributed by atoms with Crippen LogP contribution in [0, 0.1) is 11.3 Å². The zero-order valence-corrected chi connectivity index (χ0v) is 18.9. The Morgan fingerprint density at radius 3 is 2.32 bits per heavy atom. The molecule has 1 unspecified atom stereocenters. The standard InChI is InChI=1S/C22H17BrClN3O4/c1-30-21(28)18-17(12-6-4-3-5-7-12)14(11-25)20(26)27(19(18)22(29)31-2)13-8-9-15(23)16(24)10-13/h3-10,17H,26H2,1-2H3. The number of rotatable bonds is 4. The average Bonchev–Trinajstić information content (AvgIpc) is 2.79. The summed E-state index contributed by atoms with van der Waals surface area (Å²) in [5.74, 6) is -2.55. The van der Waals surface area contributed by atoms with Gasteiger partial charge in [0.1, 0.15) is 11.5 Å². The van der Waals surface area contributed by atoms with Gasteiger partial charge in [-0.3, -0.25) is 4.90 Å². The molecule has 0 amide bonds. The summed E-state index contributed by atoms with van der Waals surface area (Å²) in [6.45, 7) is 0. The minimum absolute atomic E-state index is 0.0252. The van der Waals surface area contributed by atoms with Crippen molar-refractivity contribution in [3.8, 4) is 6.07 Å². The summed E-state index contributed by atoms with van der Waals surface area (Å²) in [7, 11) is 2.38. The van der Waals surface area contributed by atoms with E-state index in [0.717, 1.165) is 0 Å². The lowest BCUT2D eigenvalue weighted by atomic mass is 9.81. The first-order valence-electron chi connectivity index (χ1n) is 8.96. The zero-order valence-electron chi connectivity index (χ0n) is 16.6. The van der Waals surface area contributed by atoms with Gasteiger partial charge >= 0.3 is 11.9 Å². The van der Waals surface area contributed by atoms with Crippen LogP contribution in [0.15, 0.2) is 75.7 Å². The van der Waals surface area contributed by atoms with Gasteiger partial charge < -0.3 is 15.2 Å². The first kappa shape index (κ1) is 22.4. The van der Waals surface area contributed by atoms with Crippen LogP contribution in [0.25, 0.3) is 0 Å². The highest BCUT2D eigenvalue weighted by Gasteiger charge is 2.43. The molecule has 0 aliphatic carbocycles. The molecule has 2 aromatic carbocycles. The third-order valence-corrected chi connectivity index (χ3v) is 6.00. The second-order valence-electron chi connectivity index (χ2n) is 6.43. The summed E-state index contributed by atoms with van der Waals surface area (Å²) in [5.41, 5.74) is 7.23. The minimum atomic E-state index is -0.921. The normalized spacial score (nSPS) is 16.1. The smallest absolute Gasteiger partial charge is 0.355 e. The van der Waals surface area contributed by atoms with E-state index in [-0.39, 0.29) is 22.7 Å². The molecule has 0 aromatic heterocycles. The number of benzene rings is 2. The highest BCUT2D eigenvalue weighted by atomic mass is 79.9. The fourth-order valence-corrected chi connectivity index (χ4v) is 3.83. The van der Waals surface area contributed by atoms with E-state index >= 15 is 0 Å². The van der Waals surface area contributed by atoms with Gasteiger partial charge in [0, 0.05) is 10.2 Å². The lowest BCUT2D eigenvalue weighted by Gasteiger charge is -2.36. The van der Waals surface area contributed by atoms with Crippen molar-refractivity contribution in [1.29, 1.82) is 5.26 Å². The SMILES string of the molecule is COC(=O)C1=C(C(=O)OC)N(c2ccc(Br)c(Cl)c2)C(N)=C(C#N)C1c1ccccc1. The number of halogens is 2. The molecule has 0 spiro atoms. The maximum absolute atomic E-state index is 12.9. The largest absolute Gasteiger partial charge is 0.466 e. The Morgan fingerprint density at radius 1 is 1.13 bits per heavy atom. The molecule has 0 fully saturated rings. The summed E-state index contributed by atoms with van der Waals surface area (Å²) in [5, 5.41) is 10.3. The maximum Gasteiger partial charge on any atom is 0.355 e. The third-order valence-electron chi connectivity index (χ3n) is 4.77. The van der Waals surface area contributed by atoms with Crippen molar-refractivity contribution in [1.82, 2.24) is 0 Å². The fourth-order valence-electron chi connectivity index (χ4n) is 3.41. The van der Waals surface area contributed by atoms with Crippen LogP contribution in [0.3, 0.4) is 0 Å². The monoisotopic (exact) mass is 501 g/mol. The molecule has 1 heterocycles. The van der Waals surface area contributed by atoms with E-state index in [9.17, 15) is 14.9 Å². The Morgan fingerprint density at radius 2 is 1.77 bits per heavy atom. The molecule has 31 heavy (non-hydrogen) atoms. The van der Waals surface area contributed by atoms with Crippen LogP contribution >= 0.6 is 27.5 Å². The molecule has 0 saturated heterocycles. The number of allylic oxidation sites excluding steroid dienone is 1. The number of nitriles is 1. The van der Waals surface area contributed by atoms with Crippen molar-refractivity contribution in [2.24, 2.45) is 5.73 Å². The topological polar surface area (TPSA) is 106 Å². The van der Waals surface area contributed by atoms with E-state index in [1.54, 1.807) is 48.5 Å². The number of ether oxygens (including phenoxy) is 2. The van der Waals surface area contributed by atoms with Crippen LogP contribution in [-0.2, 0) is 19.1 Å². The molecule has 0 bridgehead atoms. The summed E-state index contributed by atoms with van der Waals surface area (Å²) in [6, 6.07) is 15.7. The average molecular weight is 503 g/mol. The van der Waals surface area contributed by atoms with E-state index in [2.05, 4.69) is 22.0 Å². The molecule has 2 N–H and O–H groups in total. The van der Waals surface area contributed by atoms with Crippen LogP contribution in [0.4, 0.5) is 5.69 Å². The molecule has 1 aliphatic heterocycles. The summed E-state index contributed by atoms with van der Waals surface area (Å²) in [4.78, 5) is 27.1. The van der Waals surface area contributed by atoms with Crippen molar-refractivity contribution >= 4 is 45.2 Å². The molecule has 0 radical (unpaired) electrons. The van der Waals surface area contributed by atoms with E-state index < -0.39 is 17.9 Å². The van der Waals surface area contributed by atoms with Crippen molar-refractivity contribution < 1.29 is 19.1 Å². The second-order valence-corrected chi connectivity index (χ2v) is 7.70. The van der Waals surface area contributed by atoms with Gasteiger partial charge in [0.2, 0.25) is 0 Å². The molecule has 2 aromatic rings. The van der Waals surface area contributed by atoms with Gasteiger partial charge in [0.25, 0.3) is 0 Å². The Balaban J connectivity index is 2.41. The number of nitrogens with zero attached hydrogens (tertiary/aromatic N) is 2. The zero-order chi connectivity index (χ0) is 22.7. The van der Waals surface area contributed by atoms with Crippen molar-refractivity contribution in [2.75, 3.05) is 19.1 Å². The number of methoxy groups -OCH3 is 2. The number of hydrogen-bond acceptors (Lipinski definition) is 7. The number of nitrogens with two attached hydrogens (primary N) is 1. The molecular formula is C22H17BrClN3O4. The Kier molecular flexibility index (Phi) is 6.68. The van der Waals surface area contributed by atoms with E-state index in [1.165, 1.54) is 19.1 Å². The quantitative estimate of drug-likeness (QED) is 0.630.